The largest absolute Gasteiger partial charge is 0.493 e. The molecule has 0 N–H and O–H groups in total. The van der Waals surface area contributed by atoms with Gasteiger partial charge in [-0.15, -0.1) is 0 Å². The molecule has 1 aliphatic heterocycles. The lowest BCUT2D eigenvalue weighted by molar-refractivity contribution is 0.254. The molecule has 3 rings (SSSR count). The Morgan fingerprint density at radius 2 is 2.35 bits per heavy atom. The first-order valence-corrected chi connectivity index (χ1v) is 7.71. The van der Waals surface area contributed by atoms with Crippen LogP contribution in [0.4, 0.5) is 0 Å². The first kappa shape index (κ1) is 15.1. The van der Waals surface area contributed by atoms with E-state index in [9.17, 15) is 5.26 Å². The smallest absolute Gasteiger partial charge is 0.127 e. The van der Waals surface area contributed by atoms with Crippen LogP contribution in [0.25, 0.3) is 11.6 Å². The molecule has 1 atom stereocenters. The van der Waals surface area contributed by atoms with E-state index in [1.165, 1.54) is 0 Å². The second-order valence-electron chi connectivity index (χ2n) is 5.45. The highest BCUT2D eigenvalue weighted by atomic mass is 16.5. The molecule has 4 nitrogen and oxygen atoms in total. The molecule has 1 unspecified atom stereocenters. The molecule has 23 heavy (non-hydrogen) atoms. The van der Waals surface area contributed by atoms with E-state index in [1.54, 1.807) is 12.3 Å². The average molecular weight is 306 g/mol. The number of pyridine rings is 1. The zero-order valence-corrected chi connectivity index (χ0v) is 13.2. The number of aromatic nitrogens is 1. The Morgan fingerprint density at radius 1 is 1.48 bits per heavy atom. The molecule has 1 aromatic carbocycles. The summed E-state index contributed by atoms with van der Waals surface area (Å²) in [6.45, 7) is 4.57. The van der Waals surface area contributed by atoms with Gasteiger partial charge in [-0.2, -0.15) is 5.26 Å². The molecular weight excluding hydrogens is 288 g/mol. The van der Waals surface area contributed by atoms with E-state index < -0.39 is 0 Å². The average Bonchev–Trinajstić information content (AvgIpc) is 2.92. The van der Waals surface area contributed by atoms with Crippen molar-refractivity contribution in [3.05, 3.63) is 53.3 Å². The van der Waals surface area contributed by atoms with E-state index in [2.05, 4.69) is 11.1 Å². The van der Waals surface area contributed by atoms with Crippen molar-refractivity contribution in [3.8, 4) is 17.6 Å². The van der Waals surface area contributed by atoms with Crippen molar-refractivity contribution >= 4 is 11.6 Å². The summed E-state index contributed by atoms with van der Waals surface area (Å²) in [6.07, 6.45) is 4.53. The molecule has 2 heterocycles. The van der Waals surface area contributed by atoms with Gasteiger partial charge in [-0.3, -0.25) is 4.98 Å². The summed E-state index contributed by atoms with van der Waals surface area (Å²) in [5, 5.41) is 9.47. The Kier molecular flexibility index (Phi) is 4.29. The number of nitrogens with zero attached hydrogens (tertiary/aromatic N) is 2. The van der Waals surface area contributed by atoms with Crippen molar-refractivity contribution in [3.63, 3.8) is 0 Å². The molecule has 0 saturated carbocycles. The van der Waals surface area contributed by atoms with Crippen LogP contribution in [-0.2, 0) is 6.42 Å². The predicted octanol–water partition coefficient (Wildman–Crippen LogP) is 3.87. The summed E-state index contributed by atoms with van der Waals surface area (Å²) in [4.78, 5) is 4.24. The van der Waals surface area contributed by atoms with Crippen LogP contribution in [0.3, 0.4) is 0 Å². The molecule has 4 heteroatoms. The summed E-state index contributed by atoms with van der Waals surface area (Å²) in [5.41, 5.74) is 3.13. The molecule has 0 radical (unpaired) electrons. The zero-order valence-electron chi connectivity index (χ0n) is 13.2. The minimum absolute atomic E-state index is 0.171. The van der Waals surface area contributed by atoms with Crippen LogP contribution in [0.15, 0.2) is 36.5 Å². The Labute approximate surface area is 136 Å². The summed E-state index contributed by atoms with van der Waals surface area (Å²) in [6, 6.07) is 11.7. The molecule has 0 fully saturated rings. The maximum absolute atomic E-state index is 9.47. The molecule has 1 aliphatic rings. The highest BCUT2D eigenvalue weighted by Crippen LogP contribution is 2.36. The second kappa shape index (κ2) is 6.53. The number of rotatable bonds is 4. The summed E-state index contributed by atoms with van der Waals surface area (Å²) >= 11 is 0. The van der Waals surface area contributed by atoms with Crippen LogP contribution >= 0.6 is 0 Å². The molecule has 2 aromatic rings. The third-order valence-corrected chi connectivity index (χ3v) is 3.69. The van der Waals surface area contributed by atoms with Gasteiger partial charge >= 0.3 is 0 Å². The number of fused-ring (bicyclic) bond motifs is 1. The van der Waals surface area contributed by atoms with Crippen LogP contribution in [0, 0.1) is 11.3 Å². The summed E-state index contributed by atoms with van der Waals surface area (Å²) in [7, 11) is 0. The fourth-order valence-electron chi connectivity index (χ4n) is 2.69. The number of allylic oxidation sites excluding steroid dienone is 1. The van der Waals surface area contributed by atoms with Crippen molar-refractivity contribution in [1.29, 1.82) is 5.26 Å². The Hall–Kier alpha value is -2.80. The first-order chi connectivity index (χ1) is 11.2. The molecular formula is C19H18N2O2. The van der Waals surface area contributed by atoms with Crippen LogP contribution < -0.4 is 9.47 Å². The van der Waals surface area contributed by atoms with Crippen molar-refractivity contribution < 1.29 is 9.47 Å². The summed E-state index contributed by atoms with van der Waals surface area (Å²) in [5.74, 6) is 1.64. The van der Waals surface area contributed by atoms with Gasteiger partial charge in [-0.1, -0.05) is 6.07 Å². The number of benzene rings is 1. The lowest BCUT2D eigenvalue weighted by Crippen LogP contribution is -2.05. The number of nitriles is 1. The van der Waals surface area contributed by atoms with Gasteiger partial charge in [-0.25, -0.2) is 0 Å². The minimum Gasteiger partial charge on any atom is -0.493 e. The highest BCUT2D eigenvalue weighted by molar-refractivity contribution is 5.89. The van der Waals surface area contributed by atoms with Crippen molar-refractivity contribution in [1.82, 2.24) is 4.98 Å². The predicted molar refractivity (Wildman–Crippen MR) is 89.1 cm³/mol. The Bertz CT molecular complexity index is 776. The zero-order chi connectivity index (χ0) is 16.2. The number of ether oxygens (including phenoxy) is 2. The lowest BCUT2D eigenvalue weighted by Gasteiger charge is -2.10. The summed E-state index contributed by atoms with van der Waals surface area (Å²) < 4.78 is 11.6. The van der Waals surface area contributed by atoms with Gasteiger partial charge < -0.3 is 9.47 Å². The van der Waals surface area contributed by atoms with Crippen molar-refractivity contribution in [2.45, 2.75) is 26.4 Å². The maximum atomic E-state index is 9.47. The highest BCUT2D eigenvalue weighted by Gasteiger charge is 2.21. The van der Waals surface area contributed by atoms with Crippen LogP contribution in [0.2, 0.25) is 0 Å². The third-order valence-electron chi connectivity index (χ3n) is 3.69. The quantitative estimate of drug-likeness (QED) is 0.805. The van der Waals surface area contributed by atoms with Gasteiger partial charge in [0.05, 0.1) is 17.9 Å². The molecule has 0 aliphatic carbocycles. The van der Waals surface area contributed by atoms with Crippen LogP contribution in [0.5, 0.6) is 11.5 Å². The van der Waals surface area contributed by atoms with E-state index in [4.69, 9.17) is 9.47 Å². The van der Waals surface area contributed by atoms with Gasteiger partial charge in [0.1, 0.15) is 23.7 Å². The van der Waals surface area contributed by atoms with E-state index in [1.807, 2.05) is 44.2 Å². The first-order valence-electron chi connectivity index (χ1n) is 7.71. The normalized spacial score (nSPS) is 16.4. The minimum atomic E-state index is 0.171. The molecule has 116 valence electrons. The van der Waals surface area contributed by atoms with E-state index in [0.29, 0.717) is 17.9 Å². The molecule has 1 aromatic heterocycles. The molecule has 0 spiro atoms. The van der Waals surface area contributed by atoms with Gasteiger partial charge in [0, 0.05) is 23.7 Å². The topological polar surface area (TPSA) is 55.1 Å². The van der Waals surface area contributed by atoms with E-state index in [-0.39, 0.29) is 6.10 Å². The Balaban J connectivity index is 2.06. The molecule has 0 bridgehead atoms. The van der Waals surface area contributed by atoms with Crippen LogP contribution in [-0.4, -0.2) is 17.7 Å². The lowest BCUT2D eigenvalue weighted by atomic mass is 10.0. The fourth-order valence-corrected chi connectivity index (χ4v) is 2.69. The van der Waals surface area contributed by atoms with E-state index >= 15 is 0 Å². The van der Waals surface area contributed by atoms with Gasteiger partial charge in [0.2, 0.25) is 0 Å². The maximum Gasteiger partial charge on any atom is 0.127 e. The number of hydrogen-bond donors (Lipinski definition) is 0. The fraction of sp³-hybridized carbons (Fsp3) is 0.263. The van der Waals surface area contributed by atoms with E-state index in [0.717, 1.165) is 29.0 Å². The van der Waals surface area contributed by atoms with Crippen molar-refractivity contribution in [2.75, 3.05) is 6.61 Å². The van der Waals surface area contributed by atoms with Gasteiger partial charge in [0.25, 0.3) is 0 Å². The monoisotopic (exact) mass is 306 g/mol. The van der Waals surface area contributed by atoms with Crippen LogP contribution in [0.1, 0.15) is 30.7 Å². The molecule has 0 amide bonds. The van der Waals surface area contributed by atoms with Crippen molar-refractivity contribution in [2.24, 2.45) is 0 Å². The standard InChI is InChI=1S/C19H18N2O2/c1-3-22-18-10-14-8-13(2)23-19(14)11-15(18)9-16(12-20)17-6-4-5-7-21-17/h4-7,9-11,13H,3,8H2,1-2H3. The van der Waals surface area contributed by atoms with Gasteiger partial charge in [0.15, 0.2) is 0 Å². The second-order valence-corrected chi connectivity index (χ2v) is 5.45. The van der Waals surface area contributed by atoms with Gasteiger partial charge in [-0.05, 0) is 44.2 Å². The SMILES string of the molecule is CCOc1cc2c(cc1C=C(C#N)c1ccccn1)OC(C)C2. The third kappa shape index (κ3) is 3.19. The number of hydrogen-bond acceptors (Lipinski definition) is 4. The Morgan fingerprint density at radius 3 is 3.04 bits per heavy atom. The molecule has 0 saturated heterocycles.